The number of benzene rings is 3. The van der Waals surface area contributed by atoms with Gasteiger partial charge >= 0.3 is 0 Å². The molecule has 0 aliphatic carbocycles. The van der Waals surface area contributed by atoms with E-state index in [-0.39, 0.29) is 11.7 Å². The maximum atomic E-state index is 13.0. The maximum Gasteiger partial charge on any atom is 0.255 e. The van der Waals surface area contributed by atoms with Crippen LogP contribution in [0.25, 0.3) is 0 Å². The first-order valence-electron chi connectivity index (χ1n) is 9.18. The topological polar surface area (TPSA) is 47.6 Å². The molecule has 3 aromatic rings. The zero-order valence-electron chi connectivity index (χ0n) is 16.2. The van der Waals surface area contributed by atoms with Crippen molar-refractivity contribution in [2.24, 2.45) is 0 Å². The van der Waals surface area contributed by atoms with Crippen LogP contribution in [0.5, 0.6) is 11.5 Å². The van der Waals surface area contributed by atoms with Crippen LogP contribution in [0.4, 0.5) is 10.1 Å². The molecule has 0 saturated carbocycles. The van der Waals surface area contributed by atoms with Crippen LogP contribution in [-0.4, -0.2) is 12.5 Å². The predicted molar refractivity (Wildman–Crippen MR) is 115 cm³/mol. The van der Waals surface area contributed by atoms with E-state index in [1.807, 2.05) is 38.1 Å². The van der Waals surface area contributed by atoms with Crippen LogP contribution in [0.1, 0.15) is 28.4 Å². The summed E-state index contributed by atoms with van der Waals surface area (Å²) in [5.74, 6) is 0.312. The SMILES string of the molecule is CCOc1cc(C(=O)Nc2ccc(F)cc2)cc(Br)c1OCc1ccc(C)cc1. The highest BCUT2D eigenvalue weighted by Gasteiger charge is 2.16. The highest BCUT2D eigenvalue weighted by molar-refractivity contribution is 9.10. The monoisotopic (exact) mass is 457 g/mol. The Morgan fingerprint density at radius 2 is 1.72 bits per heavy atom. The largest absolute Gasteiger partial charge is 0.490 e. The lowest BCUT2D eigenvalue weighted by Crippen LogP contribution is -2.12. The lowest BCUT2D eigenvalue weighted by molar-refractivity contribution is 0.102. The Kier molecular flexibility index (Phi) is 6.88. The van der Waals surface area contributed by atoms with E-state index < -0.39 is 0 Å². The Labute approximate surface area is 177 Å². The molecule has 0 heterocycles. The van der Waals surface area contributed by atoms with Crippen LogP contribution < -0.4 is 14.8 Å². The Morgan fingerprint density at radius 1 is 1.03 bits per heavy atom. The molecule has 0 aliphatic heterocycles. The number of nitrogens with one attached hydrogen (secondary N) is 1. The lowest BCUT2D eigenvalue weighted by Gasteiger charge is -2.16. The third-order valence-electron chi connectivity index (χ3n) is 4.18. The molecule has 3 aromatic carbocycles. The minimum atomic E-state index is -0.362. The molecule has 0 aliphatic rings. The third kappa shape index (κ3) is 5.57. The average Bonchev–Trinajstić information content (AvgIpc) is 2.70. The summed E-state index contributed by atoms with van der Waals surface area (Å²) in [6, 6.07) is 17.0. The van der Waals surface area contributed by atoms with Crippen molar-refractivity contribution in [2.45, 2.75) is 20.5 Å². The van der Waals surface area contributed by atoms with Crippen molar-refractivity contribution in [2.75, 3.05) is 11.9 Å². The number of amides is 1. The van der Waals surface area contributed by atoms with Crippen LogP contribution in [-0.2, 0) is 6.61 Å². The highest BCUT2D eigenvalue weighted by Crippen LogP contribution is 2.37. The van der Waals surface area contributed by atoms with Crippen molar-refractivity contribution in [3.8, 4) is 11.5 Å². The van der Waals surface area contributed by atoms with Gasteiger partial charge in [0.2, 0.25) is 0 Å². The van der Waals surface area contributed by atoms with Gasteiger partial charge in [0.15, 0.2) is 11.5 Å². The average molecular weight is 458 g/mol. The van der Waals surface area contributed by atoms with Gasteiger partial charge in [0.05, 0.1) is 11.1 Å². The molecular weight excluding hydrogens is 437 g/mol. The van der Waals surface area contributed by atoms with Gasteiger partial charge in [-0.15, -0.1) is 0 Å². The van der Waals surface area contributed by atoms with Crippen molar-refractivity contribution in [3.63, 3.8) is 0 Å². The van der Waals surface area contributed by atoms with E-state index in [0.29, 0.717) is 40.4 Å². The van der Waals surface area contributed by atoms with Gasteiger partial charge in [-0.25, -0.2) is 4.39 Å². The van der Waals surface area contributed by atoms with Crippen molar-refractivity contribution in [1.29, 1.82) is 0 Å². The van der Waals surface area contributed by atoms with E-state index >= 15 is 0 Å². The summed E-state index contributed by atoms with van der Waals surface area (Å²) in [5.41, 5.74) is 3.11. The van der Waals surface area contributed by atoms with Crippen LogP contribution in [0, 0.1) is 12.7 Å². The molecular formula is C23H21BrFNO3. The summed E-state index contributed by atoms with van der Waals surface area (Å²) in [6.45, 7) is 4.70. The number of rotatable bonds is 7. The first kappa shape index (κ1) is 20.9. The molecule has 3 rings (SSSR count). The number of ether oxygens (including phenoxy) is 2. The van der Waals surface area contributed by atoms with Crippen LogP contribution in [0.15, 0.2) is 65.1 Å². The zero-order chi connectivity index (χ0) is 20.8. The maximum absolute atomic E-state index is 13.0. The normalized spacial score (nSPS) is 10.5. The van der Waals surface area contributed by atoms with Crippen LogP contribution in [0.3, 0.4) is 0 Å². The summed E-state index contributed by atoms with van der Waals surface area (Å²) < 4.78 is 25.3. The number of carbonyl (C=O) groups excluding carboxylic acids is 1. The standard InChI is InChI=1S/C23H21BrFNO3/c1-3-28-21-13-17(23(27)26-19-10-8-18(25)9-11-19)12-20(24)22(21)29-14-16-6-4-15(2)5-7-16/h4-13H,3,14H2,1-2H3,(H,26,27). The number of carbonyl (C=O) groups is 1. The van der Waals surface area contributed by atoms with Crippen LogP contribution >= 0.6 is 15.9 Å². The van der Waals surface area contributed by atoms with Gasteiger partial charge in [0.25, 0.3) is 5.91 Å². The Morgan fingerprint density at radius 3 is 2.38 bits per heavy atom. The molecule has 0 spiro atoms. The number of anilines is 1. The van der Waals surface area contributed by atoms with Crippen molar-refractivity contribution >= 4 is 27.5 Å². The van der Waals surface area contributed by atoms with Gasteiger partial charge in [0.1, 0.15) is 12.4 Å². The van der Waals surface area contributed by atoms with Gasteiger partial charge < -0.3 is 14.8 Å². The van der Waals surface area contributed by atoms with Gasteiger partial charge in [-0.3, -0.25) is 4.79 Å². The van der Waals surface area contributed by atoms with Gasteiger partial charge in [-0.1, -0.05) is 29.8 Å². The summed E-state index contributed by atoms with van der Waals surface area (Å²) in [7, 11) is 0. The molecule has 0 radical (unpaired) electrons. The molecule has 6 heteroatoms. The van der Waals surface area contributed by atoms with E-state index in [4.69, 9.17) is 9.47 Å². The highest BCUT2D eigenvalue weighted by atomic mass is 79.9. The lowest BCUT2D eigenvalue weighted by atomic mass is 10.1. The fraction of sp³-hybridized carbons (Fsp3) is 0.174. The molecule has 150 valence electrons. The minimum absolute atomic E-state index is 0.330. The molecule has 1 N–H and O–H groups in total. The first-order chi connectivity index (χ1) is 14.0. The molecule has 0 unspecified atom stereocenters. The number of hydrogen-bond donors (Lipinski definition) is 1. The van der Waals surface area contributed by atoms with Crippen molar-refractivity contribution in [3.05, 3.63) is 87.6 Å². The van der Waals surface area contributed by atoms with E-state index in [9.17, 15) is 9.18 Å². The van der Waals surface area contributed by atoms with Crippen molar-refractivity contribution < 1.29 is 18.7 Å². The Bertz CT molecular complexity index is 988. The molecule has 4 nitrogen and oxygen atoms in total. The molecule has 0 bridgehead atoms. The quantitative estimate of drug-likeness (QED) is 0.464. The smallest absolute Gasteiger partial charge is 0.255 e. The van der Waals surface area contributed by atoms with E-state index in [1.54, 1.807) is 12.1 Å². The fourth-order valence-corrected chi connectivity index (χ4v) is 3.23. The molecule has 29 heavy (non-hydrogen) atoms. The molecule has 0 aromatic heterocycles. The summed E-state index contributed by atoms with van der Waals surface area (Å²) in [5, 5.41) is 2.74. The number of aryl methyl sites for hydroxylation is 1. The summed E-state index contributed by atoms with van der Waals surface area (Å²) in [6.07, 6.45) is 0. The summed E-state index contributed by atoms with van der Waals surface area (Å²) >= 11 is 3.48. The van der Waals surface area contributed by atoms with E-state index in [2.05, 4.69) is 21.2 Å². The van der Waals surface area contributed by atoms with E-state index in [1.165, 1.54) is 29.8 Å². The molecule has 0 atom stereocenters. The van der Waals surface area contributed by atoms with Crippen LogP contribution in [0.2, 0.25) is 0 Å². The van der Waals surface area contributed by atoms with Gasteiger partial charge in [0, 0.05) is 11.3 Å². The molecule has 0 saturated heterocycles. The second-order valence-electron chi connectivity index (χ2n) is 6.45. The van der Waals surface area contributed by atoms with Gasteiger partial charge in [-0.2, -0.15) is 0 Å². The third-order valence-corrected chi connectivity index (χ3v) is 4.77. The first-order valence-corrected chi connectivity index (χ1v) is 9.97. The number of hydrogen-bond acceptors (Lipinski definition) is 3. The fourth-order valence-electron chi connectivity index (χ4n) is 2.68. The predicted octanol–water partition coefficient (Wildman–Crippen LogP) is 6.13. The Balaban J connectivity index is 1.80. The van der Waals surface area contributed by atoms with Gasteiger partial charge in [-0.05, 0) is 71.7 Å². The second kappa shape index (κ2) is 9.56. The van der Waals surface area contributed by atoms with Crippen molar-refractivity contribution in [1.82, 2.24) is 0 Å². The minimum Gasteiger partial charge on any atom is -0.490 e. The molecule has 0 fully saturated rings. The zero-order valence-corrected chi connectivity index (χ0v) is 17.8. The number of halogens is 2. The second-order valence-corrected chi connectivity index (χ2v) is 7.31. The Hall–Kier alpha value is -2.86. The van der Waals surface area contributed by atoms with E-state index in [0.717, 1.165) is 5.56 Å². The molecule has 1 amide bonds. The summed E-state index contributed by atoms with van der Waals surface area (Å²) in [4.78, 5) is 12.6.